The average Bonchev–Trinajstić information content (AvgIpc) is 2.43. The number of unbranched alkanes of at least 4 members (excludes halogenated alkanes) is 1. The highest BCUT2D eigenvalue weighted by atomic mass is 16.2. The lowest BCUT2D eigenvalue weighted by atomic mass is 10.1. The summed E-state index contributed by atoms with van der Waals surface area (Å²) in [4.78, 5) is 24.7. The van der Waals surface area contributed by atoms with E-state index in [4.69, 9.17) is 11.0 Å². The quantitative estimate of drug-likeness (QED) is 0.810. The molecule has 0 heterocycles. The first-order valence-electron chi connectivity index (χ1n) is 6.62. The van der Waals surface area contributed by atoms with Crippen LogP contribution in [0.2, 0.25) is 0 Å². The summed E-state index contributed by atoms with van der Waals surface area (Å²) in [5, 5.41) is 8.72. The summed E-state index contributed by atoms with van der Waals surface area (Å²) in [7, 11) is 0. The summed E-state index contributed by atoms with van der Waals surface area (Å²) in [5.41, 5.74) is 6.54. The Morgan fingerprint density at radius 2 is 1.95 bits per heavy atom. The summed E-state index contributed by atoms with van der Waals surface area (Å²) in [6.07, 6.45) is 1.99. The van der Waals surface area contributed by atoms with Crippen molar-refractivity contribution in [2.45, 2.75) is 26.2 Å². The molecule has 0 atom stereocenters. The van der Waals surface area contributed by atoms with Crippen LogP contribution in [0.25, 0.3) is 0 Å². The van der Waals surface area contributed by atoms with Crippen LogP contribution < -0.4 is 5.73 Å². The Morgan fingerprint density at radius 1 is 1.30 bits per heavy atom. The lowest BCUT2D eigenvalue weighted by Crippen LogP contribution is -2.39. The molecule has 106 valence electrons. The zero-order valence-electron chi connectivity index (χ0n) is 11.6. The number of carbonyl (C=O) groups excluding carboxylic acids is 2. The Hall–Kier alpha value is -2.35. The van der Waals surface area contributed by atoms with Crippen LogP contribution in [0.5, 0.6) is 0 Å². The molecule has 0 radical (unpaired) electrons. The van der Waals surface area contributed by atoms with E-state index >= 15 is 0 Å². The van der Waals surface area contributed by atoms with Gasteiger partial charge in [-0.15, -0.1) is 0 Å². The molecule has 0 unspecified atom stereocenters. The molecular formula is C15H19N3O2. The average molecular weight is 273 g/mol. The van der Waals surface area contributed by atoms with Gasteiger partial charge in [0.15, 0.2) is 0 Å². The Kier molecular flexibility index (Phi) is 6.24. The summed E-state index contributed by atoms with van der Waals surface area (Å²) >= 11 is 0. The van der Waals surface area contributed by atoms with E-state index in [0.29, 0.717) is 12.1 Å². The van der Waals surface area contributed by atoms with Crippen molar-refractivity contribution in [1.29, 1.82) is 5.26 Å². The molecule has 0 saturated heterocycles. The first-order valence-corrected chi connectivity index (χ1v) is 6.62. The molecule has 5 nitrogen and oxygen atoms in total. The summed E-state index contributed by atoms with van der Waals surface area (Å²) < 4.78 is 0. The van der Waals surface area contributed by atoms with Crippen LogP contribution in [0.15, 0.2) is 24.3 Å². The van der Waals surface area contributed by atoms with Crippen LogP contribution in [0.4, 0.5) is 0 Å². The second kappa shape index (κ2) is 7.95. The van der Waals surface area contributed by atoms with E-state index < -0.39 is 5.91 Å². The zero-order chi connectivity index (χ0) is 15.0. The lowest BCUT2D eigenvalue weighted by molar-refractivity contribution is -0.134. The Balaban J connectivity index is 2.68. The van der Waals surface area contributed by atoms with Crippen LogP contribution in [-0.2, 0) is 16.0 Å². The van der Waals surface area contributed by atoms with Gasteiger partial charge in [-0.05, 0) is 24.1 Å². The summed E-state index contributed by atoms with van der Waals surface area (Å²) in [6.45, 7) is 2.51. The van der Waals surface area contributed by atoms with Gasteiger partial charge in [-0.2, -0.15) is 5.26 Å². The molecule has 0 spiro atoms. The predicted molar refractivity (Wildman–Crippen MR) is 75.5 cm³/mol. The van der Waals surface area contributed by atoms with Crippen molar-refractivity contribution in [1.82, 2.24) is 4.90 Å². The maximum Gasteiger partial charge on any atom is 0.237 e. The Labute approximate surface area is 119 Å². The van der Waals surface area contributed by atoms with E-state index in [2.05, 4.69) is 0 Å². The van der Waals surface area contributed by atoms with Crippen LogP contribution in [0, 0.1) is 11.3 Å². The minimum absolute atomic E-state index is 0.0465. The molecule has 0 aliphatic carbocycles. The third kappa shape index (κ3) is 5.11. The largest absolute Gasteiger partial charge is 0.368 e. The van der Waals surface area contributed by atoms with Crippen molar-refractivity contribution in [2.24, 2.45) is 5.73 Å². The number of benzene rings is 1. The number of hydrogen-bond acceptors (Lipinski definition) is 3. The standard InChI is InChI=1S/C15H19N3O2/c1-2-3-8-18(11-14(17)19)15(20)9-12-4-6-13(10-16)7-5-12/h4-7H,2-3,8-9,11H2,1H3,(H2,17,19). The van der Waals surface area contributed by atoms with Crippen LogP contribution in [0.3, 0.4) is 0 Å². The highest BCUT2D eigenvalue weighted by Gasteiger charge is 2.15. The highest BCUT2D eigenvalue weighted by Crippen LogP contribution is 2.07. The molecular weight excluding hydrogens is 254 g/mol. The fourth-order valence-electron chi connectivity index (χ4n) is 1.81. The van der Waals surface area contributed by atoms with Crippen molar-refractivity contribution < 1.29 is 9.59 Å². The van der Waals surface area contributed by atoms with E-state index in [0.717, 1.165) is 18.4 Å². The van der Waals surface area contributed by atoms with Crippen LogP contribution in [0.1, 0.15) is 30.9 Å². The monoisotopic (exact) mass is 273 g/mol. The minimum Gasteiger partial charge on any atom is -0.368 e. The van der Waals surface area contributed by atoms with Gasteiger partial charge < -0.3 is 10.6 Å². The molecule has 5 heteroatoms. The maximum atomic E-state index is 12.2. The summed E-state index contributed by atoms with van der Waals surface area (Å²) in [6, 6.07) is 8.87. The number of nitrogens with zero attached hydrogens (tertiary/aromatic N) is 2. The van der Waals surface area contributed by atoms with Crippen molar-refractivity contribution in [3.8, 4) is 6.07 Å². The third-order valence-electron chi connectivity index (χ3n) is 2.92. The second-order valence-corrected chi connectivity index (χ2v) is 4.62. The molecule has 2 amide bonds. The maximum absolute atomic E-state index is 12.2. The van der Waals surface area contributed by atoms with Gasteiger partial charge in [0.05, 0.1) is 24.6 Å². The molecule has 0 aliphatic heterocycles. The van der Waals surface area contributed by atoms with Crippen molar-refractivity contribution in [2.75, 3.05) is 13.1 Å². The van der Waals surface area contributed by atoms with Crippen LogP contribution >= 0.6 is 0 Å². The van der Waals surface area contributed by atoms with Crippen molar-refractivity contribution in [3.05, 3.63) is 35.4 Å². The van der Waals surface area contributed by atoms with Gasteiger partial charge in [-0.3, -0.25) is 9.59 Å². The lowest BCUT2D eigenvalue weighted by Gasteiger charge is -2.21. The van der Waals surface area contributed by atoms with Crippen molar-refractivity contribution in [3.63, 3.8) is 0 Å². The first kappa shape index (κ1) is 15.7. The minimum atomic E-state index is -0.505. The summed E-state index contributed by atoms with van der Waals surface area (Å²) in [5.74, 6) is -0.628. The van der Waals surface area contributed by atoms with E-state index in [9.17, 15) is 9.59 Å². The van der Waals surface area contributed by atoms with Gasteiger partial charge >= 0.3 is 0 Å². The fourth-order valence-corrected chi connectivity index (χ4v) is 1.81. The number of primary amides is 1. The molecule has 1 aromatic rings. The molecule has 0 aliphatic rings. The molecule has 0 fully saturated rings. The highest BCUT2D eigenvalue weighted by molar-refractivity contribution is 5.85. The van der Waals surface area contributed by atoms with Crippen LogP contribution in [-0.4, -0.2) is 29.8 Å². The molecule has 0 bridgehead atoms. The van der Waals surface area contributed by atoms with Gasteiger partial charge in [0.25, 0.3) is 0 Å². The number of hydrogen-bond donors (Lipinski definition) is 1. The number of rotatable bonds is 7. The Bertz CT molecular complexity index is 503. The molecule has 1 rings (SSSR count). The van der Waals surface area contributed by atoms with Crippen molar-refractivity contribution >= 4 is 11.8 Å². The molecule has 2 N–H and O–H groups in total. The van der Waals surface area contributed by atoms with Gasteiger partial charge in [0.1, 0.15) is 0 Å². The molecule has 0 saturated carbocycles. The number of carbonyl (C=O) groups is 2. The topological polar surface area (TPSA) is 87.2 Å². The fraction of sp³-hybridized carbons (Fsp3) is 0.400. The van der Waals surface area contributed by atoms with E-state index in [1.165, 1.54) is 4.90 Å². The second-order valence-electron chi connectivity index (χ2n) is 4.62. The molecule has 1 aromatic carbocycles. The number of amides is 2. The van der Waals surface area contributed by atoms with Gasteiger partial charge in [0, 0.05) is 6.54 Å². The number of nitriles is 1. The van der Waals surface area contributed by atoms with Gasteiger partial charge in [-0.25, -0.2) is 0 Å². The molecule has 20 heavy (non-hydrogen) atoms. The SMILES string of the molecule is CCCCN(CC(N)=O)C(=O)Cc1ccc(C#N)cc1. The van der Waals surface area contributed by atoms with Gasteiger partial charge in [0.2, 0.25) is 11.8 Å². The molecule has 0 aromatic heterocycles. The smallest absolute Gasteiger partial charge is 0.237 e. The van der Waals surface area contributed by atoms with E-state index in [1.54, 1.807) is 24.3 Å². The van der Waals surface area contributed by atoms with E-state index in [-0.39, 0.29) is 18.9 Å². The third-order valence-corrected chi connectivity index (χ3v) is 2.92. The zero-order valence-corrected chi connectivity index (χ0v) is 11.6. The number of nitrogens with two attached hydrogens (primary N) is 1. The normalized spacial score (nSPS) is 9.80. The Morgan fingerprint density at radius 3 is 2.45 bits per heavy atom. The van der Waals surface area contributed by atoms with Gasteiger partial charge in [-0.1, -0.05) is 25.5 Å². The predicted octanol–water partition coefficient (Wildman–Crippen LogP) is 1.21. The first-order chi connectivity index (χ1) is 9.56. The van der Waals surface area contributed by atoms with E-state index in [1.807, 2.05) is 13.0 Å².